The number of amides is 2. The fraction of sp³-hybridized carbons (Fsp3) is 0.333. The number of aromatic amines is 1. The molecule has 7 heteroatoms. The van der Waals surface area contributed by atoms with Crippen LogP contribution in [-0.4, -0.2) is 35.5 Å². The summed E-state index contributed by atoms with van der Waals surface area (Å²) in [5, 5.41) is 12.4. The van der Waals surface area contributed by atoms with Gasteiger partial charge in [0.2, 0.25) is 0 Å². The monoisotopic (exact) mass is 302 g/mol. The fourth-order valence-electron chi connectivity index (χ4n) is 2.26. The van der Waals surface area contributed by atoms with Crippen molar-refractivity contribution in [2.45, 2.75) is 20.0 Å². The summed E-state index contributed by atoms with van der Waals surface area (Å²) in [6.07, 6.45) is -0.216. The lowest BCUT2D eigenvalue weighted by Crippen LogP contribution is -2.42. The van der Waals surface area contributed by atoms with Crippen LogP contribution in [0.1, 0.15) is 11.4 Å². The molecule has 0 saturated heterocycles. The van der Waals surface area contributed by atoms with Gasteiger partial charge in [-0.05, 0) is 26.0 Å². The fourth-order valence-corrected chi connectivity index (χ4v) is 2.26. The van der Waals surface area contributed by atoms with Gasteiger partial charge in [0, 0.05) is 0 Å². The molecule has 22 heavy (non-hydrogen) atoms. The number of nitrogens with one attached hydrogen (secondary N) is 3. The van der Waals surface area contributed by atoms with Crippen molar-refractivity contribution in [2.24, 2.45) is 0 Å². The van der Waals surface area contributed by atoms with Crippen molar-refractivity contribution < 1.29 is 14.3 Å². The van der Waals surface area contributed by atoms with Crippen LogP contribution in [0.5, 0.6) is 11.5 Å². The summed E-state index contributed by atoms with van der Waals surface area (Å²) in [6.45, 7) is 4.44. The van der Waals surface area contributed by atoms with Crippen LogP contribution >= 0.6 is 0 Å². The van der Waals surface area contributed by atoms with E-state index in [2.05, 4.69) is 20.8 Å². The Labute approximate surface area is 128 Å². The lowest BCUT2D eigenvalue weighted by Gasteiger charge is -2.26. The molecule has 0 aliphatic carbocycles. The highest BCUT2D eigenvalue weighted by Crippen LogP contribution is 2.30. The number of carbonyl (C=O) groups is 1. The largest absolute Gasteiger partial charge is 0.486 e. The molecule has 0 fully saturated rings. The Morgan fingerprint density at radius 3 is 2.86 bits per heavy atom. The molecular formula is C15H18N4O3. The summed E-state index contributed by atoms with van der Waals surface area (Å²) in [6, 6.07) is 7.18. The lowest BCUT2D eigenvalue weighted by atomic mass is 10.2. The van der Waals surface area contributed by atoms with Gasteiger partial charge in [-0.1, -0.05) is 12.1 Å². The first kappa shape index (κ1) is 14.2. The highest BCUT2D eigenvalue weighted by atomic mass is 16.6. The molecule has 3 N–H and O–H groups in total. The Kier molecular flexibility index (Phi) is 3.86. The normalized spacial score (nSPS) is 16.2. The Bertz CT molecular complexity index is 664. The van der Waals surface area contributed by atoms with Gasteiger partial charge in [0.05, 0.1) is 23.6 Å². The molecule has 1 aromatic carbocycles. The van der Waals surface area contributed by atoms with Crippen molar-refractivity contribution >= 4 is 11.7 Å². The number of carbonyl (C=O) groups excluding carboxylic acids is 1. The molecule has 0 spiro atoms. The van der Waals surface area contributed by atoms with Crippen LogP contribution in [0.3, 0.4) is 0 Å². The molecule has 1 aliphatic rings. The van der Waals surface area contributed by atoms with Crippen LogP contribution in [0.25, 0.3) is 0 Å². The van der Waals surface area contributed by atoms with E-state index in [1.54, 1.807) is 0 Å². The Morgan fingerprint density at radius 1 is 1.36 bits per heavy atom. The van der Waals surface area contributed by atoms with Crippen LogP contribution in [-0.2, 0) is 0 Å². The highest BCUT2D eigenvalue weighted by molar-refractivity contribution is 5.90. The molecule has 2 heterocycles. The van der Waals surface area contributed by atoms with E-state index in [1.165, 1.54) is 0 Å². The zero-order valence-corrected chi connectivity index (χ0v) is 12.5. The molecule has 7 nitrogen and oxygen atoms in total. The van der Waals surface area contributed by atoms with Crippen molar-refractivity contribution in [3.05, 3.63) is 35.7 Å². The second-order valence-corrected chi connectivity index (χ2v) is 5.14. The first-order valence-electron chi connectivity index (χ1n) is 7.08. The highest BCUT2D eigenvalue weighted by Gasteiger charge is 2.21. The molecule has 1 aromatic heterocycles. The second kappa shape index (κ2) is 5.97. The molecule has 2 amide bonds. The molecule has 0 radical (unpaired) electrons. The van der Waals surface area contributed by atoms with Crippen LogP contribution in [0.4, 0.5) is 10.5 Å². The number of fused-ring (bicyclic) bond motifs is 1. The van der Waals surface area contributed by atoms with E-state index in [4.69, 9.17) is 9.47 Å². The number of aryl methyl sites for hydroxylation is 2. The predicted molar refractivity (Wildman–Crippen MR) is 81.4 cm³/mol. The van der Waals surface area contributed by atoms with E-state index in [1.807, 2.05) is 38.1 Å². The summed E-state index contributed by atoms with van der Waals surface area (Å²) in [4.78, 5) is 11.9. The molecular weight excluding hydrogens is 284 g/mol. The average Bonchev–Trinajstić information content (AvgIpc) is 2.84. The van der Waals surface area contributed by atoms with Crippen molar-refractivity contribution in [2.75, 3.05) is 18.5 Å². The molecule has 1 atom stereocenters. The summed E-state index contributed by atoms with van der Waals surface area (Å²) in [5.41, 5.74) is 2.27. The van der Waals surface area contributed by atoms with Crippen molar-refractivity contribution in [3.63, 3.8) is 0 Å². The number of rotatable bonds is 3. The number of nitrogens with zero attached hydrogens (tertiary/aromatic N) is 1. The third kappa shape index (κ3) is 2.98. The van der Waals surface area contributed by atoms with Gasteiger partial charge in [0.25, 0.3) is 0 Å². The van der Waals surface area contributed by atoms with E-state index in [0.29, 0.717) is 24.6 Å². The van der Waals surface area contributed by atoms with Gasteiger partial charge in [-0.15, -0.1) is 0 Å². The van der Waals surface area contributed by atoms with Crippen molar-refractivity contribution in [1.82, 2.24) is 15.5 Å². The van der Waals surface area contributed by atoms with Crippen molar-refractivity contribution in [1.29, 1.82) is 0 Å². The first-order valence-corrected chi connectivity index (χ1v) is 7.08. The van der Waals surface area contributed by atoms with E-state index in [9.17, 15) is 4.79 Å². The summed E-state index contributed by atoms with van der Waals surface area (Å²) in [7, 11) is 0. The quantitative estimate of drug-likeness (QED) is 0.809. The average molecular weight is 302 g/mol. The maximum Gasteiger partial charge on any atom is 0.319 e. The maximum atomic E-state index is 11.9. The van der Waals surface area contributed by atoms with E-state index in [-0.39, 0.29) is 12.1 Å². The second-order valence-electron chi connectivity index (χ2n) is 5.14. The first-order chi connectivity index (χ1) is 10.6. The third-order valence-electron chi connectivity index (χ3n) is 3.42. The van der Waals surface area contributed by atoms with E-state index in [0.717, 1.165) is 17.1 Å². The van der Waals surface area contributed by atoms with Gasteiger partial charge in [-0.25, -0.2) is 4.79 Å². The summed E-state index contributed by atoms with van der Waals surface area (Å²) < 4.78 is 11.4. The Morgan fingerprint density at radius 2 is 2.14 bits per heavy atom. The number of aromatic nitrogens is 2. The molecule has 2 aromatic rings. The summed E-state index contributed by atoms with van der Waals surface area (Å²) >= 11 is 0. The number of ether oxygens (including phenoxy) is 2. The molecule has 116 valence electrons. The number of benzene rings is 1. The Balaban J connectivity index is 1.52. The number of para-hydroxylation sites is 2. The minimum Gasteiger partial charge on any atom is -0.486 e. The van der Waals surface area contributed by atoms with Crippen LogP contribution in [0, 0.1) is 13.8 Å². The van der Waals surface area contributed by atoms with Crippen LogP contribution < -0.4 is 20.1 Å². The smallest absolute Gasteiger partial charge is 0.319 e. The molecule has 3 rings (SSSR count). The number of anilines is 1. The van der Waals surface area contributed by atoms with Crippen molar-refractivity contribution in [3.8, 4) is 11.5 Å². The van der Waals surface area contributed by atoms with E-state index < -0.39 is 0 Å². The number of H-pyrrole nitrogens is 1. The van der Waals surface area contributed by atoms with Gasteiger partial charge in [-0.3, -0.25) is 5.10 Å². The third-order valence-corrected chi connectivity index (χ3v) is 3.42. The molecule has 0 unspecified atom stereocenters. The predicted octanol–water partition coefficient (Wildman–Crippen LogP) is 1.99. The number of urea groups is 1. The standard InChI is InChI=1S/C15H18N4O3/c1-9-14(10(2)19-18-9)17-15(20)16-7-11-8-21-12-5-3-4-6-13(12)22-11/h3-6,11H,7-8H2,1-2H3,(H,18,19)(H2,16,17,20)/t11-/m0/s1. The molecule has 1 aliphatic heterocycles. The zero-order valence-electron chi connectivity index (χ0n) is 12.5. The van der Waals surface area contributed by atoms with Crippen LogP contribution in [0.2, 0.25) is 0 Å². The SMILES string of the molecule is Cc1n[nH]c(C)c1NC(=O)NC[C@H]1COc2ccccc2O1. The minimum atomic E-state index is -0.296. The lowest BCUT2D eigenvalue weighted by molar-refractivity contribution is 0.0922. The molecule has 0 saturated carbocycles. The van der Waals surface area contributed by atoms with Gasteiger partial charge >= 0.3 is 6.03 Å². The van der Waals surface area contributed by atoms with Gasteiger partial charge in [-0.2, -0.15) is 5.10 Å². The minimum absolute atomic E-state index is 0.216. The van der Waals surface area contributed by atoms with E-state index >= 15 is 0 Å². The maximum absolute atomic E-state index is 11.9. The molecule has 0 bridgehead atoms. The van der Waals surface area contributed by atoms with Gasteiger partial charge < -0.3 is 20.1 Å². The van der Waals surface area contributed by atoms with Gasteiger partial charge in [0.1, 0.15) is 6.61 Å². The van der Waals surface area contributed by atoms with Crippen LogP contribution in [0.15, 0.2) is 24.3 Å². The van der Waals surface area contributed by atoms with Gasteiger partial charge in [0.15, 0.2) is 17.6 Å². The number of hydrogen-bond acceptors (Lipinski definition) is 4. The number of hydrogen-bond donors (Lipinski definition) is 3. The Hall–Kier alpha value is -2.70. The summed E-state index contributed by atoms with van der Waals surface area (Å²) in [5.74, 6) is 1.43. The topological polar surface area (TPSA) is 88.3 Å². The zero-order chi connectivity index (χ0) is 15.5.